The first kappa shape index (κ1) is 23.8. The lowest BCUT2D eigenvalue weighted by Gasteiger charge is -2.22. The molecule has 8 heteroatoms. The molecule has 3 rings (SSSR count). The molecular weight excluding hydrogens is 413 g/mol. The van der Waals surface area contributed by atoms with Crippen molar-refractivity contribution in [2.24, 2.45) is 5.73 Å². The van der Waals surface area contributed by atoms with E-state index in [1.165, 1.54) is 25.3 Å². The van der Waals surface area contributed by atoms with Gasteiger partial charge in [0.2, 0.25) is 0 Å². The number of anilines is 1. The molecular formula is C24H32FN3O4. The lowest BCUT2D eigenvalue weighted by atomic mass is 9.98. The third-order valence-electron chi connectivity index (χ3n) is 5.59. The average molecular weight is 446 g/mol. The van der Waals surface area contributed by atoms with Crippen LogP contribution in [0.4, 0.5) is 10.1 Å². The molecule has 7 nitrogen and oxygen atoms in total. The molecule has 1 aliphatic rings. The molecule has 0 aliphatic carbocycles. The van der Waals surface area contributed by atoms with Crippen molar-refractivity contribution in [1.29, 1.82) is 0 Å². The Bertz CT molecular complexity index is 938. The van der Waals surface area contributed by atoms with E-state index >= 15 is 0 Å². The molecule has 174 valence electrons. The number of carbonyl (C=O) groups is 1. The lowest BCUT2D eigenvalue weighted by Crippen LogP contribution is -2.32. The number of rotatable bonds is 12. The number of ether oxygens (including phenoxy) is 2. The molecule has 0 saturated heterocycles. The summed E-state index contributed by atoms with van der Waals surface area (Å²) in [6.45, 7) is 4.65. The van der Waals surface area contributed by atoms with Crippen LogP contribution in [0.15, 0.2) is 30.3 Å². The summed E-state index contributed by atoms with van der Waals surface area (Å²) in [5, 5.41) is 12.5. The maximum absolute atomic E-state index is 13.4. The van der Waals surface area contributed by atoms with Gasteiger partial charge in [-0.25, -0.2) is 4.39 Å². The van der Waals surface area contributed by atoms with E-state index in [0.717, 1.165) is 36.2 Å². The Morgan fingerprint density at radius 2 is 2.12 bits per heavy atom. The van der Waals surface area contributed by atoms with E-state index < -0.39 is 5.91 Å². The highest BCUT2D eigenvalue weighted by Gasteiger charge is 2.25. The summed E-state index contributed by atoms with van der Waals surface area (Å²) in [7, 11) is 1.52. The molecule has 2 aromatic carbocycles. The van der Waals surface area contributed by atoms with Crippen LogP contribution in [-0.4, -0.2) is 57.0 Å². The third kappa shape index (κ3) is 5.89. The molecule has 0 spiro atoms. The highest BCUT2D eigenvalue weighted by molar-refractivity contribution is 6.00. The number of hydrogen-bond acceptors (Lipinski definition) is 6. The predicted octanol–water partition coefficient (Wildman–Crippen LogP) is 2.28. The fraction of sp³-hybridized carbons (Fsp3) is 0.458. The standard InChI is InChI=1S/C24H32FN3O4/c1-16(27-7-11-32-22-15-19(25)4-5-21(22)31-2)12-17-13-18-6-9-28(8-3-10-29)23(18)20(14-17)24(26)30/h4-5,13-16,27,29H,3,6-12H2,1-2H3,(H2,26,30)/t16-/m1/s1. The predicted molar refractivity (Wildman–Crippen MR) is 122 cm³/mol. The summed E-state index contributed by atoms with van der Waals surface area (Å²) >= 11 is 0. The summed E-state index contributed by atoms with van der Waals surface area (Å²) in [5.41, 5.74) is 9.31. The van der Waals surface area contributed by atoms with Crippen LogP contribution in [0, 0.1) is 5.82 Å². The minimum absolute atomic E-state index is 0.120. The number of primary amides is 1. The van der Waals surface area contributed by atoms with E-state index in [1.807, 2.05) is 6.07 Å². The number of aliphatic hydroxyl groups excluding tert-OH is 1. The Kier molecular flexibility index (Phi) is 8.30. The minimum Gasteiger partial charge on any atom is -0.493 e. The topological polar surface area (TPSA) is 97.1 Å². The number of hydrogen-bond donors (Lipinski definition) is 3. The van der Waals surface area contributed by atoms with Crippen LogP contribution in [-0.2, 0) is 12.8 Å². The normalized spacial score (nSPS) is 13.7. The highest BCUT2D eigenvalue weighted by atomic mass is 19.1. The first-order valence-electron chi connectivity index (χ1n) is 10.9. The van der Waals surface area contributed by atoms with Gasteiger partial charge in [0.1, 0.15) is 12.4 Å². The maximum Gasteiger partial charge on any atom is 0.250 e. The molecule has 2 aromatic rings. The van der Waals surface area contributed by atoms with E-state index in [-0.39, 0.29) is 18.5 Å². The van der Waals surface area contributed by atoms with Crippen LogP contribution in [0.25, 0.3) is 0 Å². The number of fused-ring (bicyclic) bond motifs is 1. The molecule has 1 aliphatic heterocycles. The molecule has 32 heavy (non-hydrogen) atoms. The Balaban J connectivity index is 1.57. The summed E-state index contributed by atoms with van der Waals surface area (Å²) < 4.78 is 24.3. The van der Waals surface area contributed by atoms with Gasteiger partial charge in [-0.15, -0.1) is 0 Å². The second-order valence-electron chi connectivity index (χ2n) is 8.03. The van der Waals surface area contributed by atoms with Crippen LogP contribution in [0.2, 0.25) is 0 Å². The van der Waals surface area contributed by atoms with Crippen molar-refractivity contribution in [3.63, 3.8) is 0 Å². The summed E-state index contributed by atoms with van der Waals surface area (Å²) in [6.07, 6.45) is 2.25. The number of benzene rings is 2. The number of nitrogens with one attached hydrogen (secondary N) is 1. The number of aliphatic hydroxyl groups is 1. The second kappa shape index (κ2) is 11.2. The van der Waals surface area contributed by atoms with Crippen LogP contribution < -0.4 is 25.4 Å². The molecule has 4 N–H and O–H groups in total. The van der Waals surface area contributed by atoms with Crippen molar-refractivity contribution in [3.05, 3.63) is 52.8 Å². The van der Waals surface area contributed by atoms with Crippen LogP contribution in [0.3, 0.4) is 0 Å². The van der Waals surface area contributed by atoms with Gasteiger partial charge in [-0.2, -0.15) is 0 Å². The Hall–Kier alpha value is -2.84. The van der Waals surface area contributed by atoms with Crippen molar-refractivity contribution in [3.8, 4) is 11.5 Å². The molecule has 1 atom stereocenters. The monoisotopic (exact) mass is 445 g/mol. The Morgan fingerprint density at radius 1 is 1.31 bits per heavy atom. The van der Waals surface area contributed by atoms with Gasteiger partial charge >= 0.3 is 0 Å². The zero-order valence-corrected chi connectivity index (χ0v) is 18.7. The second-order valence-corrected chi connectivity index (χ2v) is 8.03. The van der Waals surface area contributed by atoms with Crippen molar-refractivity contribution >= 4 is 11.6 Å². The van der Waals surface area contributed by atoms with Gasteiger partial charge in [0.25, 0.3) is 5.91 Å². The summed E-state index contributed by atoms with van der Waals surface area (Å²) in [5.74, 6) is 0.0537. The SMILES string of the molecule is COc1ccc(F)cc1OCCN[C@H](C)Cc1cc2c(c(C(N)=O)c1)N(CCCO)CC2. The highest BCUT2D eigenvalue weighted by Crippen LogP contribution is 2.33. The van der Waals surface area contributed by atoms with E-state index in [1.54, 1.807) is 0 Å². The zero-order chi connectivity index (χ0) is 23.1. The lowest BCUT2D eigenvalue weighted by molar-refractivity contribution is 0.100. The van der Waals surface area contributed by atoms with Gasteiger partial charge in [-0.05, 0) is 55.5 Å². The van der Waals surface area contributed by atoms with Gasteiger partial charge in [-0.3, -0.25) is 4.79 Å². The number of carbonyl (C=O) groups excluding carboxylic acids is 1. The van der Waals surface area contributed by atoms with Crippen LogP contribution in [0.1, 0.15) is 34.8 Å². The van der Waals surface area contributed by atoms with Gasteiger partial charge in [0.15, 0.2) is 11.5 Å². The molecule has 0 radical (unpaired) electrons. The van der Waals surface area contributed by atoms with Gasteiger partial charge < -0.3 is 30.5 Å². The molecule has 0 aromatic heterocycles. The molecule has 0 saturated carbocycles. The fourth-order valence-corrected chi connectivity index (χ4v) is 4.14. The largest absolute Gasteiger partial charge is 0.493 e. The van der Waals surface area contributed by atoms with E-state index in [0.29, 0.717) is 43.2 Å². The summed E-state index contributed by atoms with van der Waals surface area (Å²) in [4.78, 5) is 14.3. The fourth-order valence-electron chi connectivity index (χ4n) is 4.14. The maximum atomic E-state index is 13.4. The van der Waals surface area contributed by atoms with Gasteiger partial charge in [0, 0.05) is 38.3 Å². The summed E-state index contributed by atoms with van der Waals surface area (Å²) in [6, 6.07) is 8.34. The Morgan fingerprint density at radius 3 is 2.84 bits per heavy atom. The van der Waals surface area contributed by atoms with E-state index in [2.05, 4.69) is 23.2 Å². The van der Waals surface area contributed by atoms with E-state index in [9.17, 15) is 9.18 Å². The van der Waals surface area contributed by atoms with Crippen LogP contribution in [0.5, 0.6) is 11.5 Å². The van der Waals surface area contributed by atoms with Crippen molar-refractivity contribution in [2.75, 3.05) is 44.9 Å². The quantitative estimate of drug-likeness (QED) is 0.434. The van der Waals surface area contributed by atoms with E-state index in [4.69, 9.17) is 20.3 Å². The third-order valence-corrected chi connectivity index (χ3v) is 5.59. The number of nitrogens with zero attached hydrogens (tertiary/aromatic N) is 1. The van der Waals surface area contributed by atoms with Crippen molar-refractivity contribution in [1.82, 2.24) is 5.32 Å². The molecule has 0 unspecified atom stereocenters. The number of halogens is 1. The van der Waals surface area contributed by atoms with Gasteiger partial charge in [-0.1, -0.05) is 6.07 Å². The number of amides is 1. The molecule has 0 fully saturated rings. The van der Waals surface area contributed by atoms with Crippen LogP contribution >= 0.6 is 0 Å². The average Bonchev–Trinajstić information content (AvgIpc) is 3.17. The molecule has 1 amide bonds. The van der Waals surface area contributed by atoms with Crippen molar-refractivity contribution < 1.29 is 23.8 Å². The Labute approximate surface area is 188 Å². The van der Waals surface area contributed by atoms with Crippen molar-refractivity contribution in [2.45, 2.75) is 32.2 Å². The molecule has 0 bridgehead atoms. The number of nitrogens with two attached hydrogens (primary N) is 1. The number of methoxy groups -OCH3 is 1. The molecule has 1 heterocycles. The first-order valence-corrected chi connectivity index (χ1v) is 10.9. The van der Waals surface area contributed by atoms with Gasteiger partial charge in [0.05, 0.1) is 18.4 Å². The minimum atomic E-state index is -0.433. The first-order chi connectivity index (χ1) is 15.4. The zero-order valence-electron chi connectivity index (χ0n) is 18.7. The smallest absolute Gasteiger partial charge is 0.250 e.